The maximum atomic E-state index is 11.5. The highest BCUT2D eigenvalue weighted by molar-refractivity contribution is 6.55. The van der Waals surface area contributed by atoms with Gasteiger partial charge in [0.25, 0.3) is 0 Å². The van der Waals surface area contributed by atoms with Crippen molar-refractivity contribution in [2.45, 2.75) is 20.8 Å². The second-order valence-corrected chi connectivity index (χ2v) is 5.04. The third kappa shape index (κ3) is 2.23. The summed E-state index contributed by atoms with van der Waals surface area (Å²) in [6.45, 7) is 6.22. The standard InChI is InChI=1S/C10H14Cl2O2/c1-4-14-9(13)8-6(5-7(11)12)10(8,2)3/h5-6,8H,4H2,1-3H3/t6-,8+/m0/s1. The largest absolute Gasteiger partial charge is 0.466 e. The zero-order chi connectivity index (χ0) is 10.9. The minimum atomic E-state index is -0.159. The first-order valence-electron chi connectivity index (χ1n) is 4.60. The Hall–Kier alpha value is -0.210. The van der Waals surface area contributed by atoms with Crippen molar-refractivity contribution in [3.8, 4) is 0 Å². The van der Waals surface area contributed by atoms with Gasteiger partial charge in [0, 0.05) is 0 Å². The molecule has 1 aliphatic carbocycles. The first-order valence-corrected chi connectivity index (χ1v) is 5.36. The molecular weight excluding hydrogens is 223 g/mol. The van der Waals surface area contributed by atoms with Gasteiger partial charge >= 0.3 is 5.97 Å². The number of carbonyl (C=O) groups is 1. The lowest BCUT2D eigenvalue weighted by Gasteiger charge is -2.01. The predicted octanol–water partition coefficient (Wildman–Crippen LogP) is 3.14. The monoisotopic (exact) mass is 236 g/mol. The molecule has 0 bridgehead atoms. The summed E-state index contributed by atoms with van der Waals surface area (Å²) in [4.78, 5) is 11.5. The Morgan fingerprint density at radius 2 is 2.07 bits per heavy atom. The molecule has 0 aromatic carbocycles. The average molecular weight is 237 g/mol. The molecule has 14 heavy (non-hydrogen) atoms. The molecule has 1 saturated carbocycles. The van der Waals surface area contributed by atoms with Crippen LogP contribution in [-0.2, 0) is 9.53 Å². The highest BCUT2D eigenvalue weighted by Crippen LogP contribution is 2.60. The second-order valence-electron chi connectivity index (χ2n) is 4.03. The van der Waals surface area contributed by atoms with Crippen LogP contribution in [0.15, 0.2) is 10.6 Å². The maximum absolute atomic E-state index is 11.5. The lowest BCUT2D eigenvalue weighted by atomic mass is 10.1. The SMILES string of the molecule is CCOC(=O)[C@H]1[C@H](C=C(Cl)Cl)C1(C)C. The number of hydrogen-bond acceptors (Lipinski definition) is 2. The van der Waals surface area contributed by atoms with Crippen LogP contribution in [0.5, 0.6) is 0 Å². The van der Waals surface area contributed by atoms with E-state index in [0.29, 0.717) is 6.61 Å². The van der Waals surface area contributed by atoms with Crippen molar-refractivity contribution in [2.24, 2.45) is 17.3 Å². The van der Waals surface area contributed by atoms with Crippen molar-refractivity contribution in [3.05, 3.63) is 10.6 Å². The van der Waals surface area contributed by atoms with E-state index in [4.69, 9.17) is 27.9 Å². The fourth-order valence-corrected chi connectivity index (χ4v) is 2.08. The quantitative estimate of drug-likeness (QED) is 0.705. The molecule has 0 saturated heterocycles. The van der Waals surface area contributed by atoms with E-state index in [9.17, 15) is 4.79 Å². The third-order valence-corrected chi connectivity index (χ3v) is 3.01. The second kappa shape index (κ2) is 4.11. The van der Waals surface area contributed by atoms with Gasteiger partial charge in [0.15, 0.2) is 0 Å². The lowest BCUT2D eigenvalue weighted by molar-refractivity contribution is -0.145. The molecule has 0 spiro atoms. The van der Waals surface area contributed by atoms with Crippen molar-refractivity contribution in [1.82, 2.24) is 0 Å². The van der Waals surface area contributed by atoms with E-state index < -0.39 is 0 Å². The molecule has 4 heteroatoms. The Bertz CT molecular complexity index is 267. The minimum absolute atomic E-state index is 0.0821. The Morgan fingerprint density at radius 1 is 1.50 bits per heavy atom. The third-order valence-electron chi connectivity index (χ3n) is 2.76. The highest BCUT2D eigenvalue weighted by atomic mass is 35.5. The van der Waals surface area contributed by atoms with Crippen molar-refractivity contribution < 1.29 is 9.53 Å². The van der Waals surface area contributed by atoms with E-state index in [0.717, 1.165) is 0 Å². The molecule has 0 radical (unpaired) electrons. The normalized spacial score (nSPS) is 28.1. The molecule has 80 valence electrons. The molecule has 0 N–H and O–H groups in total. The van der Waals surface area contributed by atoms with Crippen LogP contribution < -0.4 is 0 Å². The summed E-state index contributed by atoms with van der Waals surface area (Å²) in [5.74, 6) is -0.158. The van der Waals surface area contributed by atoms with Crippen LogP contribution in [0.2, 0.25) is 0 Å². The summed E-state index contributed by atoms with van der Waals surface area (Å²) in [7, 11) is 0. The molecule has 1 aliphatic rings. The van der Waals surface area contributed by atoms with E-state index in [1.807, 2.05) is 13.8 Å². The van der Waals surface area contributed by atoms with Crippen molar-refractivity contribution >= 4 is 29.2 Å². The number of carbonyl (C=O) groups excluding carboxylic acids is 1. The summed E-state index contributed by atoms with van der Waals surface area (Å²) in [6, 6.07) is 0. The molecular formula is C10H14Cl2O2. The van der Waals surface area contributed by atoms with Gasteiger partial charge in [0.1, 0.15) is 4.49 Å². The number of allylic oxidation sites excluding steroid dienone is 1. The van der Waals surface area contributed by atoms with Crippen LogP contribution in [0.3, 0.4) is 0 Å². The zero-order valence-corrected chi connectivity index (χ0v) is 10.0. The number of hydrogen-bond donors (Lipinski definition) is 0. The molecule has 0 aromatic rings. The van der Waals surface area contributed by atoms with Crippen LogP contribution in [0.25, 0.3) is 0 Å². The molecule has 2 atom stereocenters. The predicted molar refractivity (Wildman–Crippen MR) is 57.2 cm³/mol. The number of ether oxygens (including phenoxy) is 1. The smallest absolute Gasteiger partial charge is 0.310 e. The zero-order valence-electron chi connectivity index (χ0n) is 8.51. The maximum Gasteiger partial charge on any atom is 0.310 e. The van der Waals surface area contributed by atoms with E-state index in [1.165, 1.54) is 0 Å². The fraction of sp³-hybridized carbons (Fsp3) is 0.700. The summed E-state index contributed by atoms with van der Waals surface area (Å²) in [5, 5.41) is 0. The topological polar surface area (TPSA) is 26.3 Å². The molecule has 0 aliphatic heterocycles. The molecule has 0 heterocycles. The molecule has 0 unspecified atom stereocenters. The van der Waals surface area contributed by atoms with Gasteiger partial charge in [-0.25, -0.2) is 0 Å². The van der Waals surface area contributed by atoms with Crippen LogP contribution in [0, 0.1) is 17.3 Å². The van der Waals surface area contributed by atoms with Crippen molar-refractivity contribution in [1.29, 1.82) is 0 Å². The van der Waals surface area contributed by atoms with Crippen LogP contribution >= 0.6 is 23.2 Å². The lowest BCUT2D eigenvalue weighted by Crippen LogP contribution is -2.10. The molecule has 1 rings (SSSR count). The van der Waals surface area contributed by atoms with Gasteiger partial charge < -0.3 is 4.74 Å². The number of halogens is 2. The van der Waals surface area contributed by atoms with Crippen LogP contribution in [-0.4, -0.2) is 12.6 Å². The summed E-state index contributed by atoms with van der Waals surface area (Å²) >= 11 is 11.1. The Labute approximate surface area is 94.2 Å². The van der Waals surface area contributed by atoms with Gasteiger partial charge in [-0.05, 0) is 24.3 Å². The van der Waals surface area contributed by atoms with Gasteiger partial charge in [-0.15, -0.1) is 0 Å². The molecule has 0 aromatic heterocycles. The molecule has 0 amide bonds. The average Bonchev–Trinajstić information content (AvgIpc) is 2.52. The van der Waals surface area contributed by atoms with Crippen LogP contribution in [0.1, 0.15) is 20.8 Å². The summed E-state index contributed by atoms with van der Waals surface area (Å²) in [6.07, 6.45) is 1.71. The minimum Gasteiger partial charge on any atom is -0.466 e. The van der Waals surface area contributed by atoms with E-state index in [-0.39, 0.29) is 27.7 Å². The van der Waals surface area contributed by atoms with E-state index >= 15 is 0 Å². The highest BCUT2D eigenvalue weighted by Gasteiger charge is 2.61. The summed E-state index contributed by atoms with van der Waals surface area (Å²) < 4.78 is 5.18. The van der Waals surface area contributed by atoms with E-state index in [1.54, 1.807) is 13.0 Å². The Balaban J connectivity index is 2.66. The van der Waals surface area contributed by atoms with Crippen LogP contribution in [0.4, 0.5) is 0 Å². The van der Waals surface area contributed by atoms with Gasteiger partial charge in [0.2, 0.25) is 0 Å². The Morgan fingerprint density at radius 3 is 2.50 bits per heavy atom. The van der Waals surface area contributed by atoms with Crippen molar-refractivity contribution in [2.75, 3.05) is 6.61 Å². The number of esters is 1. The molecule has 2 nitrogen and oxygen atoms in total. The van der Waals surface area contributed by atoms with Gasteiger partial charge in [-0.1, -0.05) is 37.0 Å². The van der Waals surface area contributed by atoms with Gasteiger partial charge in [-0.2, -0.15) is 0 Å². The van der Waals surface area contributed by atoms with Gasteiger partial charge in [-0.3, -0.25) is 4.79 Å². The number of rotatable bonds is 3. The summed E-state index contributed by atoms with van der Waals surface area (Å²) in [5.41, 5.74) is -0.0821. The van der Waals surface area contributed by atoms with Gasteiger partial charge in [0.05, 0.1) is 12.5 Å². The Kier molecular flexibility index (Phi) is 3.49. The molecule has 1 fully saturated rings. The van der Waals surface area contributed by atoms with Crippen molar-refractivity contribution in [3.63, 3.8) is 0 Å². The fourth-order valence-electron chi connectivity index (χ4n) is 1.81. The first kappa shape index (κ1) is 11.9. The first-order chi connectivity index (χ1) is 6.41. The van der Waals surface area contributed by atoms with E-state index in [2.05, 4.69) is 0 Å².